The van der Waals surface area contributed by atoms with Crippen LogP contribution >= 0.6 is 0 Å². The Labute approximate surface area is 82.8 Å². The van der Waals surface area contributed by atoms with Crippen LogP contribution in [0.4, 0.5) is 0 Å². The zero-order valence-electron chi connectivity index (χ0n) is 7.14. The number of carbonyl (C=O) groups is 3. The average molecular weight is 228 g/mol. The highest BCUT2D eigenvalue weighted by Crippen LogP contribution is 1.56. The number of aliphatic hydroxyl groups is 1. The minimum Gasteiger partial charge on any atom is -0.480 e. The Morgan fingerprint density at radius 2 is 1.00 bits per heavy atom. The van der Waals surface area contributed by atoms with Crippen molar-refractivity contribution in [3.05, 3.63) is 0 Å². The van der Waals surface area contributed by atoms with E-state index in [9.17, 15) is 0 Å². The number of aliphatic carboxylic acids is 3. The summed E-state index contributed by atoms with van der Waals surface area (Å²) < 4.78 is 0. The summed E-state index contributed by atoms with van der Waals surface area (Å²) in [5, 5.41) is 51.3. The summed E-state index contributed by atoms with van der Waals surface area (Å²) in [5.74, 6) is -4.84. The van der Waals surface area contributed by atoms with Gasteiger partial charge in [0.1, 0.15) is 6.61 Å². The maximum atomic E-state index is 9.12. The van der Waals surface area contributed by atoms with Gasteiger partial charge in [-0.15, -0.1) is 0 Å². The Morgan fingerprint density at radius 3 is 1.00 bits per heavy atom. The molecule has 0 aromatic rings. The fourth-order valence-electron chi connectivity index (χ4n) is 0. The van der Waals surface area contributed by atoms with Crippen molar-refractivity contribution in [2.24, 2.45) is 0 Å². The van der Waals surface area contributed by atoms with Gasteiger partial charge in [-0.05, 0) is 0 Å². The SMILES string of the molecule is O=C(O)C(=O)O.O=C(O)CO.OB(O)O. The molecule has 0 aliphatic rings. The second-order valence-electron chi connectivity index (χ2n) is 1.51. The monoisotopic (exact) mass is 228 g/mol. The van der Waals surface area contributed by atoms with Crippen LogP contribution in [0.5, 0.6) is 0 Å². The van der Waals surface area contributed by atoms with Gasteiger partial charge in [0.15, 0.2) is 0 Å². The van der Waals surface area contributed by atoms with E-state index in [0.29, 0.717) is 0 Å². The van der Waals surface area contributed by atoms with Crippen molar-refractivity contribution >= 4 is 25.2 Å². The molecule has 0 aromatic heterocycles. The molecule has 0 radical (unpaired) electrons. The van der Waals surface area contributed by atoms with E-state index in [1.807, 2.05) is 0 Å². The zero-order valence-corrected chi connectivity index (χ0v) is 7.14. The van der Waals surface area contributed by atoms with Gasteiger partial charge in [-0.25, -0.2) is 14.4 Å². The van der Waals surface area contributed by atoms with Crippen LogP contribution in [-0.4, -0.2) is 67.3 Å². The summed E-state index contributed by atoms with van der Waals surface area (Å²) >= 11 is 0. The third kappa shape index (κ3) is 70.4. The number of aliphatic hydroxyl groups excluding tert-OH is 1. The van der Waals surface area contributed by atoms with Crippen molar-refractivity contribution in [1.29, 1.82) is 0 Å². The fourth-order valence-corrected chi connectivity index (χ4v) is 0. The number of hydrogen-bond donors (Lipinski definition) is 7. The van der Waals surface area contributed by atoms with E-state index in [0.717, 1.165) is 0 Å². The van der Waals surface area contributed by atoms with Crippen LogP contribution in [0.15, 0.2) is 0 Å². The Bertz CT molecular complexity index is 185. The first kappa shape index (κ1) is 19.0. The number of rotatable bonds is 1. The number of carboxylic acids is 3. The molecule has 0 rings (SSSR count). The molecule has 10 nitrogen and oxygen atoms in total. The van der Waals surface area contributed by atoms with Gasteiger partial charge in [-0.1, -0.05) is 0 Å². The van der Waals surface area contributed by atoms with Crippen LogP contribution in [-0.2, 0) is 14.4 Å². The van der Waals surface area contributed by atoms with E-state index in [4.69, 9.17) is 49.9 Å². The van der Waals surface area contributed by atoms with Crippen LogP contribution in [0.25, 0.3) is 0 Å². The highest BCUT2D eigenvalue weighted by molar-refractivity contribution is 6.30. The first-order valence-corrected chi connectivity index (χ1v) is 2.98. The molecule has 0 aliphatic heterocycles. The van der Waals surface area contributed by atoms with E-state index >= 15 is 0 Å². The van der Waals surface area contributed by atoms with Crippen molar-refractivity contribution in [2.45, 2.75) is 0 Å². The van der Waals surface area contributed by atoms with E-state index in [2.05, 4.69) is 0 Å². The lowest BCUT2D eigenvalue weighted by molar-refractivity contribution is -0.159. The summed E-state index contributed by atoms with van der Waals surface area (Å²) in [5.41, 5.74) is 0. The summed E-state index contributed by atoms with van der Waals surface area (Å²) in [6.45, 7) is -0.778. The van der Waals surface area contributed by atoms with Crippen LogP contribution in [0.3, 0.4) is 0 Å². The first-order valence-electron chi connectivity index (χ1n) is 2.98. The minimum atomic E-state index is -2.17. The lowest BCUT2D eigenvalue weighted by Crippen LogP contribution is -2.09. The molecule has 88 valence electrons. The smallest absolute Gasteiger partial charge is 0.480 e. The van der Waals surface area contributed by atoms with Crippen LogP contribution in [0, 0.1) is 0 Å². The number of carboxylic acid groups (broad SMARTS) is 3. The van der Waals surface area contributed by atoms with Crippen molar-refractivity contribution in [3.63, 3.8) is 0 Å². The lowest BCUT2D eigenvalue weighted by Gasteiger charge is -1.72. The highest BCUT2D eigenvalue weighted by Gasteiger charge is 2.04. The van der Waals surface area contributed by atoms with Crippen molar-refractivity contribution in [1.82, 2.24) is 0 Å². The molecule has 0 atom stereocenters. The second kappa shape index (κ2) is 12.3. The predicted molar refractivity (Wildman–Crippen MR) is 42.4 cm³/mol. The van der Waals surface area contributed by atoms with Gasteiger partial charge >= 0.3 is 25.2 Å². The minimum absolute atomic E-state index is 0.778. The summed E-state index contributed by atoms with van der Waals surface area (Å²) in [7, 11) is -2.17. The van der Waals surface area contributed by atoms with Gasteiger partial charge in [0.25, 0.3) is 0 Å². The molecule has 11 heteroatoms. The third-order valence-corrected chi connectivity index (χ3v) is 0.318. The molecule has 7 N–H and O–H groups in total. The van der Waals surface area contributed by atoms with Gasteiger partial charge in [0.2, 0.25) is 0 Å². The highest BCUT2D eigenvalue weighted by atomic mass is 16.5. The second-order valence-corrected chi connectivity index (χ2v) is 1.51. The Morgan fingerprint density at radius 1 is 0.867 bits per heavy atom. The molecule has 0 aliphatic carbocycles. The summed E-state index contributed by atoms with van der Waals surface area (Å²) in [4.78, 5) is 27.3. The van der Waals surface area contributed by atoms with E-state index in [1.54, 1.807) is 0 Å². The van der Waals surface area contributed by atoms with Crippen LogP contribution in [0.2, 0.25) is 0 Å². The van der Waals surface area contributed by atoms with E-state index < -0.39 is 31.8 Å². The van der Waals surface area contributed by atoms with Gasteiger partial charge in [0.05, 0.1) is 0 Å². The van der Waals surface area contributed by atoms with Gasteiger partial charge in [0, 0.05) is 0 Å². The molecular weight excluding hydrogens is 219 g/mol. The Kier molecular flexibility index (Phi) is 15.6. The molecule has 0 saturated carbocycles. The number of hydrogen-bond acceptors (Lipinski definition) is 7. The summed E-state index contributed by atoms with van der Waals surface area (Å²) in [6.07, 6.45) is 0. The molecule has 0 heterocycles. The normalized spacial score (nSPS) is 7.20. The Balaban J connectivity index is -0.000000147. The van der Waals surface area contributed by atoms with Crippen molar-refractivity contribution in [2.75, 3.05) is 6.61 Å². The fraction of sp³-hybridized carbons (Fsp3) is 0.250. The maximum absolute atomic E-state index is 9.12. The molecule has 0 aromatic carbocycles. The molecule has 0 fully saturated rings. The quantitative estimate of drug-likeness (QED) is 0.172. The molecular formula is C4H9BO10. The van der Waals surface area contributed by atoms with E-state index in [-0.39, 0.29) is 0 Å². The molecule has 0 saturated heterocycles. The topological polar surface area (TPSA) is 193 Å². The van der Waals surface area contributed by atoms with Crippen LogP contribution in [0.1, 0.15) is 0 Å². The lowest BCUT2D eigenvalue weighted by atomic mass is 10.3. The largest absolute Gasteiger partial charge is 0.631 e. The zero-order chi connectivity index (χ0) is 13.0. The van der Waals surface area contributed by atoms with Gasteiger partial charge < -0.3 is 35.5 Å². The third-order valence-electron chi connectivity index (χ3n) is 0.318. The van der Waals surface area contributed by atoms with Crippen LogP contribution < -0.4 is 0 Å². The van der Waals surface area contributed by atoms with Gasteiger partial charge in [-0.2, -0.15) is 0 Å². The van der Waals surface area contributed by atoms with Gasteiger partial charge in [-0.3, -0.25) is 0 Å². The van der Waals surface area contributed by atoms with Crippen molar-refractivity contribution in [3.8, 4) is 0 Å². The molecule has 0 unspecified atom stereocenters. The molecule has 0 bridgehead atoms. The molecule has 0 spiro atoms. The maximum Gasteiger partial charge on any atom is 0.631 e. The predicted octanol–water partition coefficient (Wildman–Crippen LogP) is -3.83. The van der Waals surface area contributed by atoms with E-state index in [1.165, 1.54) is 0 Å². The first-order chi connectivity index (χ1) is 6.64. The average Bonchev–Trinajstić information content (AvgIpc) is 2.04. The summed E-state index contributed by atoms with van der Waals surface area (Å²) in [6, 6.07) is 0. The standard InChI is InChI=1S/C2H2O4.C2H4O3.BH3O3/c3-1(4)2(5)6;3-1-2(4)5;2-1(3)4/h(H,3,4)(H,5,6);3H,1H2,(H,4,5);2-4H. The molecule has 0 amide bonds. The Hall–Kier alpha value is -1.69. The molecule has 15 heavy (non-hydrogen) atoms. The van der Waals surface area contributed by atoms with Crippen molar-refractivity contribution < 1.29 is 49.9 Å².